The molecule has 2 saturated heterocycles. The van der Waals surface area contributed by atoms with Gasteiger partial charge in [0.25, 0.3) is 0 Å². The molecule has 132 valence electrons. The maximum Gasteiger partial charge on any atom is 0.223 e. The van der Waals surface area contributed by atoms with Crippen LogP contribution in [0, 0.1) is 0 Å². The van der Waals surface area contributed by atoms with Crippen molar-refractivity contribution >= 4 is 17.2 Å². The molecule has 2 fully saturated rings. The Balaban J connectivity index is 1.56. The van der Waals surface area contributed by atoms with Crippen molar-refractivity contribution in [2.24, 2.45) is 0 Å². The fourth-order valence-corrected chi connectivity index (χ4v) is 5.32. The maximum atomic E-state index is 12.7. The standard InChI is InChI=1S/C19H24N4OS/c1-2-23-18(24)13-16(15-3-7-20-8-4-15)19(23)5-10-22(11-6-19)14-17-21-9-12-25-17/h3-4,7-9,12,16H,2,5-6,10-11,13-14H2,1H3. The minimum atomic E-state index is -0.0352. The van der Waals surface area contributed by atoms with E-state index in [0.717, 1.165) is 39.0 Å². The van der Waals surface area contributed by atoms with Gasteiger partial charge in [0.2, 0.25) is 5.91 Å². The van der Waals surface area contributed by atoms with Gasteiger partial charge in [-0.1, -0.05) is 0 Å². The van der Waals surface area contributed by atoms with Crippen molar-refractivity contribution in [3.63, 3.8) is 0 Å². The van der Waals surface area contributed by atoms with Crippen molar-refractivity contribution in [1.82, 2.24) is 19.8 Å². The zero-order chi connectivity index (χ0) is 17.3. The van der Waals surface area contributed by atoms with Crippen LogP contribution >= 0.6 is 11.3 Å². The SMILES string of the molecule is CCN1C(=O)CC(c2ccncc2)C12CCN(Cc1nccs1)CC2. The second-order valence-corrected chi connectivity index (χ2v) is 7.96. The summed E-state index contributed by atoms with van der Waals surface area (Å²) in [6, 6.07) is 4.17. The van der Waals surface area contributed by atoms with Crippen LogP contribution in [-0.2, 0) is 11.3 Å². The molecule has 6 heteroatoms. The van der Waals surface area contributed by atoms with E-state index >= 15 is 0 Å². The monoisotopic (exact) mass is 356 g/mol. The van der Waals surface area contributed by atoms with Crippen LogP contribution in [-0.4, -0.2) is 50.8 Å². The molecule has 1 amide bonds. The van der Waals surface area contributed by atoms with Crippen LogP contribution < -0.4 is 0 Å². The molecule has 0 radical (unpaired) electrons. The number of thiazole rings is 1. The Morgan fingerprint density at radius 2 is 2.00 bits per heavy atom. The second kappa shape index (κ2) is 6.84. The Kier molecular flexibility index (Phi) is 4.56. The zero-order valence-corrected chi connectivity index (χ0v) is 15.4. The van der Waals surface area contributed by atoms with Gasteiger partial charge in [-0.2, -0.15) is 0 Å². The highest BCUT2D eigenvalue weighted by atomic mass is 32.1. The lowest BCUT2D eigenvalue weighted by molar-refractivity contribution is -0.132. The molecule has 2 aromatic heterocycles. The highest BCUT2D eigenvalue weighted by Gasteiger charge is 2.53. The molecular weight excluding hydrogens is 332 g/mol. The number of pyridine rings is 1. The quantitative estimate of drug-likeness (QED) is 0.845. The predicted octanol–water partition coefficient (Wildman–Crippen LogP) is 2.91. The second-order valence-electron chi connectivity index (χ2n) is 6.98. The van der Waals surface area contributed by atoms with Crippen LogP contribution in [0.3, 0.4) is 0 Å². The summed E-state index contributed by atoms with van der Waals surface area (Å²) in [6.07, 6.45) is 8.26. The summed E-state index contributed by atoms with van der Waals surface area (Å²) in [4.78, 5) is 25.9. The number of carbonyl (C=O) groups is 1. The fourth-order valence-electron chi connectivity index (χ4n) is 4.67. The van der Waals surface area contributed by atoms with Gasteiger partial charge in [0.05, 0.1) is 12.1 Å². The van der Waals surface area contributed by atoms with E-state index in [1.54, 1.807) is 11.3 Å². The Morgan fingerprint density at radius 1 is 1.24 bits per heavy atom. The van der Waals surface area contributed by atoms with E-state index in [0.29, 0.717) is 12.3 Å². The molecule has 0 saturated carbocycles. The van der Waals surface area contributed by atoms with E-state index in [4.69, 9.17) is 0 Å². The van der Waals surface area contributed by atoms with Gasteiger partial charge in [0.15, 0.2) is 0 Å². The molecule has 0 aromatic carbocycles. The maximum absolute atomic E-state index is 12.7. The molecule has 2 aliphatic heterocycles. The van der Waals surface area contributed by atoms with Crippen LogP contribution in [0.4, 0.5) is 0 Å². The fraction of sp³-hybridized carbons (Fsp3) is 0.526. The summed E-state index contributed by atoms with van der Waals surface area (Å²) in [5.74, 6) is 0.586. The Labute approximate surface area is 152 Å². The molecule has 0 aliphatic carbocycles. The first-order valence-electron chi connectivity index (χ1n) is 9.04. The first-order chi connectivity index (χ1) is 12.2. The zero-order valence-electron chi connectivity index (χ0n) is 14.6. The molecule has 25 heavy (non-hydrogen) atoms. The Morgan fingerprint density at radius 3 is 2.64 bits per heavy atom. The molecule has 0 N–H and O–H groups in total. The molecular formula is C19H24N4OS. The van der Waals surface area contributed by atoms with Crippen LogP contribution in [0.1, 0.15) is 42.7 Å². The third-order valence-electron chi connectivity index (χ3n) is 5.85. The van der Waals surface area contributed by atoms with Gasteiger partial charge in [-0.15, -0.1) is 11.3 Å². The van der Waals surface area contributed by atoms with Crippen molar-refractivity contribution in [3.8, 4) is 0 Å². The van der Waals surface area contributed by atoms with E-state index in [9.17, 15) is 4.79 Å². The molecule has 2 aromatic rings. The van der Waals surface area contributed by atoms with Gasteiger partial charge in [0, 0.05) is 55.9 Å². The average Bonchev–Trinajstić information content (AvgIpc) is 3.24. The highest BCUT2D eigenvalue weighted by Crippen LogP contribution is 2.48. The normalized spacial score (nSPS) is 23.5. The van der Waals surface area contributed by atoms with Crippen molar-refractivity contribution < 1.29 is 4.79 Å². The van der Waals surface area contributed by atoms with Gasteiger partial charge in [-0.05, 0) is 37.5 Å². The Hall–Kier alpha value is -1.79. The number of piperidine rings is 1. The molecule has 5 nitrogen and oxygen atoms in total. The summed E-state index contributed by atoms with van der Waals surface area (Å²) < 4.78 is 0. The van der Waals surface area contributed by atoms with E-state index in [1.165, 1.54) is 10.6 Å². The van der Waals surface area contributed by atoms with Crippen molar-refractivity contribution in [2.45, 2.75) is 44.2 Å². The third kappa shape index (κ3) is 2.98. The van der Waals surface area contributed by atoms with Crippen LogP contribution in [0.25, 0.3) is 0 Å². The number of nitrogens with zero attached hydrogens (tertiary/aromatic N) is 4. The summed E-state index contributed by atoms with van der Waals surface area (Å²) >= 11 is 1.72. The van der Waals surface area contributed by atoms with E-state index in [-0.39, 0.29) is 11.5 Å². The number of hydrogen-bond donors (Lipinski definition) is 0. The first-order valence-corrected chi connectivity index (χ1v) is 9.92. The summed E-state index contributed by atoms with van der Waals surface area (Å²) in [7, 11) is 0. The van der Waals surface area contributed by atoms with Crippen LogP contribution in [0.15, 0.2) is 36.1 Å². The van der Waals surface area contributed by atoms with Crippen molar-refractivity contribution in [1.29, 1.82) is 0 Å². The number of hydrogen-bond acceptors (Lipinski definition) is 5. The van der Waals surface area contributed by atoms with Crippen molar-refractivity contribution in [3.05, 3.63) is 46.7 Å². The molecule has 4 heterocycles. The minimum absolute atomic E-state index is 0.0352. The number of aromatic nitrogens is 2. The summed E-state index contributed by atoms with van der Waals surface area (Å²) in [6.45, 7) is 5.87. The van der Waals surface area contributed by atoms with Gasteiger partial charge in [-0.3, -0.25) is 14.7 Å². The van der Waals surface area contributed by atoms with Gasteiger partial charge < -0.3 is 4.90 Å². The lowest BCUT2D eigenvalue weighted by Crippen LogP contribution is -2.55. The lowest BCUT2D eigenvalue weighted by atomic mass is 9.74. The molecule has 2 aliphatic rings. The molecule has 1 atom stereocenters. The molecule has 4 rings (SSSR count). The molecule has 1 unspecified atom stereocenters. The molecule has 0 bridgehead atoms. The minimum Gasteiger partial charge on any atom is -0.337 e. The predicted molar refractivity (Wildman–Crippen MR) is 98.3 cm³/mol. The van der Waals surface area contributed by atoms with Crippen LogP contribution in [0.2, 0.25) is 0 Å². The average molecular weight is 356 g/mol. The number of carbonyl (C=O) groups excluding carboxylic acids is 1. The Bertz CT molecular complexity index is 710. The smallest absolute Gasteiger partial charge is 0.223 e. The number of amides is 1. The topological polar surface area (TPSA) is 49.3 Å². The number of rotatable bonds is 4. The van der Waals surface area contributed by atoms with Crippen molar-refractivity contribution in [2.75, 3.05) is 19.6 Å². The first kappa shape index (κ1) is 16.7. The highest BCUT2D eigenvalue weighted by molar-refractivity contribution is 7.09. The summed E-state index contributed by atoms with van der Waals surface area (Å²) in [5.41, 5.74) is 1.22. The van der Waals surface area contributed by atoms with E-state index in [1.807, 2.05) is 24.0 Å². The van der Waals surface area contributed by atoms with Crippen LogP contribution in [0.5, 0.6) is 0 Å². The number of likely N-dealkylation sites (tertiary alicyclic amines) is 2. The van der Waals surface area contributed by atoms with E-state index < -0.39 is 0 Å². The number of likely N-dealkylation sites (N-methyl/N-ethyl adjacent to an activating group) is 1. The third-order valence-corrected chi connectivity index (χ3v) is 6.62. The summed E-state index contributed by atoms with van der Waals surface area (Å²) in [5, 5.41) is 3.21. The van der Waals surface area contributed by atoms with Gasteiger partial charge in [0.1, 0.15) is 5.01 Å². The largest absolute Gasteiger partial charge is 0.337 e. The lowest BCUT2D eigenvalue weighted by Gasteiger charge is -2.47. The van der Waals surface area contributed by atoms with Gasteiger partial charge in [-0.25, -0.2) is 4.98 Å². The van der Waals surface area contributed by atoms with Gasteiger partial charge >= 0.3 is 0 Å². The van der Waals surface area contributed by atoms with E-state index in [2.05, 4.69) is 38.8 Å². The molecule has 1 spiro atoms.